The summed E-state index contributed by atoms with van der Waals surface area (Å²) in [7, 11) is 0. The van der Waals surface area contributed by atoms with E-state index < -0.39 is 109 Å². The number of Topliss-reactive ketones (excluding diaryl/α,β-unsaturated/α-hetero) is 1. The van der Waals surface area contributed by atoms with Crippen molar-refractivity contribution in [1.82, 2.24) is 0 Å². The number of aliphatic hydroxyl groups excluding tert-OH is 1. The lowest BCUT2D eigenvalue weighted by molar-refractivity contribution is -0.325. The van der Waals surface area contributed by atoms with Crippen molar-refractivity contribution in [2.45, 2.75) is 77.0 Å². The zero-order valence-corrected chi connectivity index (χ0v) is 20.3. The van der Waals surface area contributed by atoms with Crippen molar-refractivity contribution in [1.29, 1.82) is 0 Å². The van der Waals surface area contributed by atoms with Gasteiger partial charge < -0.3 is 38.3 Å². The largest absolute Gasteiger partial charge is 0.463 e. The first-order valence-corrected chi connectivity index (χ1v) is 11.2. The highest BCUT2D eigenvalue weighted by Crippen LogP contribution is 2.39. The summed E-state index contributed by atoms with van der Waals surface area (Å²) < 4.78 is 36.9. The van der Waals surface area contributed by atoms with E-state index in [4.69, 9.17) is 28.4 Å². The molecule has 15 heteroatoms. The van der Waals surface area contributed by atoms with E-state index in [0.717, 1.165) is 27.7 Å². The Labute approximate surface area is 209 Å². The average molecular weight is 530 g/mol. The molecule has 37 heavy (non-hydrogen) atoms. The number of carbonyl (C=O) groups excluding carboxylic acids is 7. The summed E-state index contributed by atoms with van der Waals surface area (Å²) >= 11 is 0. The fraction of sp³-hybridized carbons (Fsp3) is 0.682. The minimum absolute atomic E-state index is 0.463. The van der Waals surface area contributed by atoms with Crippen LogP contribution in [0, 0.1) is 11.8 Å². The first kappa shape index (κ1) is 28.1. The molecule has 1 N–H and O–H groups in total. The van der Waals surface area contributed by atoms with Crippen LogP contribution in [0.5, 0.6) is 0 Å². The van der Waals surface area contributed by atoms with Crippen LogP contribution in [0.25, 0.3) is 0 Å². The lowest BCUT2D eigenvalue weighted by Crippen LogP contribution is -2.64. The molecule has 0 bridgehead atoms. The normalized spacial score (nSPS) is 35.2. The maximum absolute atomic E-state index is 12.4. The Morgan fingerprint density at radius 2 is 1.38 bits per heavy atom. The molecular weight excluding hydrogens is 504 g/mol. The van der Waals surface area contributed by atoms with Crippen molar-refractivity contribution in [3.8, 4) is 0 Å². The Hall–Kier alpha value is -3.43. The van der Waals surface area contributed by atoms with Crippen molar-refractivity contribution in [2.75, 3.05) is 6.61 Å². The standard InChI is InChI=1S/C22H26O15/c1-7(23)31-6-13-16(32-8(2)24)18(33-9(3)25)19(34-10(4)26)22(35-13)36-17-14-11(5-12(27)15(17)28)20(29)37-21(14)30/h11,13-19,22,28H,5-6H2,1-4H3/t11-,13-,14-,15-,16-,17-,18+,19-,22+/m1/s1. The molecule has 3 aliphatic rings. The molecule has 3 fully saturated rings. The zero-order chi connectivity index (χ0) is 27.6. The minimum atomic E-state index is -1.90. The molecule has 1 aliphatic carbocycles. The van der Waals surface area contributed by atoms with Gasteiger partial charge in [0.15, 0.2) is 30.4 Å². The van der Waals surface area contributed by atoms with E-state index in [1.54, 1.807) is 0 Å². The van der Waals surface area contributed by atoms with Gasteiger partial charge >= 0.3 is 35.8 Å². The topological polar surface area (TPSA) is 204 Å². The third-order valence-corrected chi connectivity index (χ3v) is 5.87. The quantitative estimate of drug-likeness (QED) is 0.217. The second kappa shape index (κ2) is 11.3. The molecule has 2 saturated heterocycles. The van der Waals surface area contributed by atoms with E-state index in [0.29, 0.717) is 0 Å². The molecular formula is C22H26O15. The molecule has 15 nitrogen and oxygen atoms in total. The van der Waals surface area contributed by atoms with Gasteiger partial charge in [-0.15, -0.1) is 0 Å². The number of fused-ring (bicyclic) bond motifs is 1. The molecule has 0 radical (unpaired) electrons. The van der Waals surface area contributed by atoms with Crippen LogP contribution in [0.1, 0.15) is 34.1 Å². The van der Waals surface area contributed by atoms with Gasteiger partial charge in [0, 0.05) is 34.1 Å². The van der Waals surface area contributed by atoms with Crippen LogP contribution in [-0.4, -0.2) is 96.2 Å². The Kier molecular flexibility index (Phi) is 8.60. The molecule has 3 rings (SSSR count). The predicted octanol–water partition coefficient (Wildman–Crippen LogP) is -1.90. The van der Waals surface area contributed by atoms with Crippen molar-refractivity contribution in [3.05, 3.63) is 0 Å². The molecule has 0 aromatic heterocycles. The smallest absolute Gasteiger partial charge is 0.320 e. The Morgan fingerprint density at radius 1 is 0.811 bits per heavy atom. The van der Waals surface area contributed by atoms with Gasteiger partial charge in [0.2, 0.25) is 0 Å². The van der Waals surface area contributed by atoms with Crippen LogP contribution < -0.4 is 0 Å². The fourth-order valence-corrected chi connectivity index (χ4v) is 4.46. The highest BCUT2D eigenvalue weighted by molar-refractivity contribution is 6.02. The highest BCUT2D eigenvalue weighted by atomic mass is 16.7. The summed E-state index contributed by atoms with van der Waals surface area (Å²) in [6.07, 6.45) is -11.9. The van der Waals surface area contributed by atoms with E-state index in [1.807, 2.05) is 0 Å². The molecule has 0 spiro atoms. The average Bonchev–Trinajstić information content (AvgIpc) is 3.05. The van der Waals surface area contributed by atoms with Crippen LogP contribution in [0.2, 0.25) is 0 Å². The molecule has 1 saturated carbocycles. The SMILES string of the molecule is CC(=O)OC[C@H]1O[C@@H](O[C@@H]2[C@@H]3C(=O)OC(=O)[C@@H]3CC(=O)[C@H]2O)[C@H](OC(C)=O)[C@@H](OC(C)=O)[C@@H]1OC(C)=O. The summed E-state index contributed by atoms with van der Waals surface area (Å²) in [6.45, 7) is 3.63. The maximum atomic E-state index is 12.4. The summed E-state index contributed by atoms with van der Waals surface area (Å²) in [6, 6.07) is 0. The minimum Gasteiger partial charge on any atom is -0.463 e. The molecule has 0 aromatic carbocycles. The number of aliphatic hydroxyl groups is 1. The van der Waals surface area contributed by atoms with E-state index in [-0.39, 0.29) is 0 Å². The van der Waals surface area contributed by atoms with Gasteiger partial charge in [0.05, 0.1) is 5.92 Å². The maximum Gasteiger partial charge on any atom is 0.320 e. The molecule has 0 amide bonds. The second-order valence-electron chi connectivity index (χ2n) is 8.66. The summed E-state index contributed by atoms with van der Waals surface area (Å²) in [4.78, 5) is 83.8. The van der Waals surface area contributed by atoms with Crippen LogP contribution >= 0.6 is 0 Å². The molecule has 204 valence electrons. The fourth-order valence-electron chi connectivity index (χ4n) is 4.46. The van der Waals surface area contributed by atoms with E-state index >= 15 is 0 Å². The molecule has 2 aliphatic heterocycles. The van der Waals surface area contributed by atoms with E-state index in [9.17, 15) is 38.7 Å². The highest BCUT2D eigenvalue weighted by Gasteiger charge is 2.60. The summed E-state index contributed by atoms with van der Waals surface area (Å²) in [5.41, 5.74) is 0. The Bertz CT molecular complexity index is 989. The van der Waals surface area contributed by atoms with Gasteiger partial charge in [-0.3, -0.25) is 33.6 Å². The van der Waals surface area contributed by atoms with Gasteiger partial charge in [-0.2, -0.15) is 0 Å². The Balaban J connectivity index is 2.02. The lowest BCUT2D eigenvalue weighted by Gasteiger charge is -2.46. The van der Waals surface area contributed by atoms with Crippen LogP contribution in [0.4, 0.5) is 0 Å². The first-order valence-electron chi connectivity index (χ1n) is 11.2. The number of hydrogen-bond donors (Lipinski definition) is 1. The van der Waals surface area contributed by atoms with E-state index in [1.165, 1.54) is 0 Å². The van der Waals surface area contributed by atoms with Crippen molar-refractivity contribution >= 4 is 41.6 Å². The monoisotopic (exact) mass is 530 g/mol. The van der Waals surface area contributed by atoms with Crippen molar-refractivity contribution in [2.24, 2.45) is 11.8 Å². The Morgan fingerprint density at radius 3 is 1.95 bits per heavy atom. The number of hydrogen-bond acceptors (Lipinski definition) is 15. The number of rotatable bonds is 7. The number of carbonyl (C=O) groups is 7. The van der Waals surface area contributed by atoms with Gasteiger partial charge in [-0.05, 0) is 0 Å². The van der Waals surface area contributed by atoms with Crippen LogP contribution in [0.15, 0.2) is 0 Å². The van der Waals surface area contributed by atoms with Gasteiger partial charge in [0.1, 0.15) is 30.8 Å². The van der Waals surface area contributed by atoms with Crippen LogP contribution in [0.3, 0.4) is 0 Å². The van der Waals surface area contributed by atoms with Gasteiger partial charge in [-0.25, -0.2) is 0 Å². The molecule has 9 atom stereocenters. The number of cyclic esters (lactones) is 2. The molecule has 0 aromatic rings. The summed E-state index contributed by atoms with van der Waals surface area (Å²) in [5, 5.41) is 10.5. The third kappa shape index (κ3) is 6.29. The molecule has 2 heterocycles. The first-order chi connectivity index (χ1) is 17.3. The third-order valence-electron chi connectivity index (χ3n) is 5.87. The molecule has 0 unspecified atom stereocenters. The zero-order valence-electron chi connectivity index (χ0n) is 20.3. The van der Waals surface area contributed by atoms with Crippen molar-refractivity contribution < 1.29 is 71.8 Å². The number of ketones is 1. The predicted molar refractivity (Wildman–Crippen MR) is 111 cm³/mol. The van der Waals surface area contributed by atoms with Gasteiger partial charge in [-0.1, -0.05) is 0 Å². The van der Waals surface area contributed by atoms with Gasteiger partial charge in [0.25, 0.3) is 0 Å². The summed E-state index contributed by atoms with van der Waals surface area (Å²) in [5.74, 6) is -8.82. The van der Waals surface area contributed by atoms with E-state index in [2.05, 4.69) is 4.74 Å². The van der Waals surface area contributed by atoms with Crippen LogP contribution in [-0.2, 0) is 66.7 Å². The lowest BCUT2D eigenvalue weighted by atomic mass is 9.76. The number of esters is 6. The number of ether oxygens (including phenoxy) is 7. The second-order valence-corrected chi connectivity index (χ2v) is 8.66. The van der Waals surface area contributed by atoms with Crippen molar-refractivity contribution in [3.63, 3.8) is 0 Å².